The minimum absolute atomic E-state index is 0.0265. The molecule has 0 aliphatic carbocycles. The van der Waals surface area contributed by atoms with E-state index in [1.165, 1.54) is 148 Å². The van der Waals surface area contributed by atoms with Gasteiger partial charge in [-0.2, -0.15) is 0 Å². The summed E-state index contributed by atoms with van der Waals surface area (Å²) in [5.41, 5.74) is 0. The van der Waals surface area contributed by atoms with Gasteiger partial charge in [0.1, 0.15) is 0 Å². The number of aliphatic hydroxyl groups excluding tert-OH is 2. The first-order chi connectivity index (χ1) is 27.0. The Bertz CT molecular complexity index is 900. The van der Waals surface area contributed by atoms with Gasteiger partial charge < -0.3 is 20.3 Å². The van der Waals surface area contributed by atoms with E-state index in [9.17, 15) is 19.8 Å². The number of aliphatic hydroxyl groups is 2. The molecule has 1 amide bonds. The summed E-state index contributed by atoms with van der Waals surface area (Å²) in [5.74, 6) is -0.145. The van der Waals surface area contributed by atoms with Crippen molar-refractivity contribution in [2.45, 2.75) is 251 Å². The van der Waals surface area contributed by atoms with Crippen LogP contribution < -0.4 is 5.32 Å². The first kappa shape index (κ1) is 53.1. The first-order valence-electron chi connectivity index (χ1n) is 23.7. The number of rotatable bonds is 43. The Morgan fingerprint density at radius 2 is 0.927 bits per heavy atom. The van der Waals surface area contributed by atoms with Crippen LogP contribution in [0.25, 0.3) is 0 Å². The number of unbranched alkanes of at least 4 members (excludes halogenated alkanes) is 26. The van der Waals surface area contributed by atoms with Crippen LogP contribution in [0.2, 0.25) is 0 Å². The third kappa shape index (κ3) is 41.5. The predicted octanol–water partition coefficient (Wildman–Crippen LogP) is 13.7. The van der Waals surface area contributed by atoms with E-state index in [0.717, 1.165) is 51.4 Å². The zero-order valence-electron chi connectivity index (χ0n) is 36.4. The Morgan fingerprint density at radius 1 is 0.509 bits per heavy atom. The Morgan fingerprint density at radius 3 is 1.44 bits per heavy atom. The fraction of sp³-hybridized carbons (Fsp3) is 0.837. The van der Waals surface area contributed by atoms with Gasteiger partial charge in [-0.3, -0.25) is 9.59 Å². The summed E-state index contributed by atoms with van der Waals surface area (Å²) in [6.45, 7) is 4.85. The number of carbonyl (C=O) groups is 2. The summed E-state index contributed by atoms with van der Waals surface area (Å²) in [6, 6.07) is -0.584. The van der Waals surface area contributed by atoms with E-state index in [4.69, 9.17) is 4.74 Å². The van der Waals surface area contributed by atoms with Crippen LogP contribution >= 0.6 is 0 Å². The van der Waals surface area contributed by atoms with Crippen LogP contribution in [0.4, 0.5) is 0 Å². The Hall–Kier alpha value is -1.92. The minimum atomic E-state index is -0.697. The SMILES string of the molecule is CCCCCCC/C=C\CCCCCCCC(=O)OCCCCCCCC/C=C\C/C=C\CCC(=O)NC(CO)C(O)CCCCCCCCCCCCC. The zero-order chi connectivity index (χ0) is 40.1. The van der Waals surface area contributed by atoms with Crippen LogP contribution in [-0.4, -0.2) is 47.4 Å². The molecule has 0 aromatic carbocycles. The smallest absolute Gasteiger partial charge is 0.305 e. The number of hydrogen-bond donors (Lipinski definition) is 3. The number of esters is 1. The van der Waals surface area contributed by atoms with Gasteiger partial charge in [-0.05, 0) is 70.6 Å². The van der Waals surface area contributed by atoms with Crippen molar-refractivity contribution >= 4 is 11.9 Å². The third-order valence-electron chi connectivity index (χ3n) is 10.7. The molecule has 0 saturated heterocycles. The molecule has 0 spiro atoms. The largest absolute Gasteiger partial charge is 0.466 e. The fourth-order valence-electron chi connectivity index (χ4n) is 6.98. The summed E-state index contributed by atoms with van der Waals surface area (Å²) in [4.78, 5) is 24.3. The highest BCUT2D eigenvalue weighted by Gasteiger charge is 2.19. The van der Waals surface area contributed by atoms with Crippen LogP contribution in [0.3, 0.4) is 0 Å². The molecule has 322 valence electrons. The topological polar surface area (TPSA) is 95.9 Å². The molecule has 0 aliphatic rings. The molecular weight excluding hydrogens is 683 g/mol. The van der Waals surface area contributed by atoms with Crippen LogP contribution in [0.15, 0.2) is 36.5 Å². The standard InChI is InChI=1S/C49H91NO5/c1-3-5-7-9-11-13-15-16-19-23-27-31-35-39-43-49(54)55-44-40-36-32-28-24-20-17-18-22-26-30-34-38-42-48(53)50-46(45-51)47(52)41-37-33-29-25-21-14-12-10-8-6-4-2/h15-16,18,22,30,34,46-47,51-52H,3-14,17,19-21,23-29,31-33,35-45H2,1-2H3,(H,50,53)/b16-15-,22-18-,34-30-. The highest BCUT2D eigenvalue weighted by molar-refractivity contribution is 5.76. The van der Waals surface area contributed by atoms with Gasteiger partial charge in [-0.25, -0.2) is 0 Å². The van der Waals surface area contributed by atoms with Crippen molar-refractivity contribution in [3.8, 4) is 0 Å². The number of ether oxygens (including phenoxy) is 1. The van der Waals surface area contributed by atoms with Gasteiger partial charge >= 0.3 is 5.97 Å². The quantitative estimate of drug-likeness (QED) is 0.0326. The number of hydrogen-bond acceptors (Lipinski definition) is 5. The van der Waals surface area contributed by atoms with Crippen LogP contribution in [0.1, 0.15) is 239 Å². The normalized spacial score (nSPS) is 13.0. The monoisotopic (exact) mass is 774 g/mol. The lowest BCUT2D eigenvalue weighted by atomic mass is 10.0. The van der Waals surface area contributed by atoms with Gasteiger partial charge in [0.25, 0.3) is 0 Å². The van der Waals surface area contributed by atoms with Crippen molar-refractivity contribution in [1.29, 1.82) is 0 Å². The lowest BCUT2D eigenvalue weighted by Crippen LogP contribution is -2.45. The molecule has 0 aromatic heterocycles. The summed E-state index contributed by atoms with van der Waals surface area (Å²) in [5, 5.41) is 23.0. The second kappa shape index (κ2) is 44.8. The van der Waals surface area contributed by atoms with Crippen LogP contribution in [0.5, 0.6) is 0 Å². The van der Waals surface area contributed by atoms with E-state index >= 15 is 0 Å². The molecule has 0 rings (SSSR count). The number of amides is 1. The Balaban J connectivity index is 3.56. The Labute approximate surface area is 341 Å². The van der Waals surface area contributed by atoms with Crippen molar-refractivity contribution in [2.24, 2.45) is 0 Å². The molecular formula is C49H91NO5. The van der Waals surface area contributed by atoms with E-state index in [2.05, 4.69) is 49.5 Å². The molecule has 55 heavy (non-hydrogen) atoms. The second-order valence-electron chi connectivity index (χ2n) is 16.1. The fourth-order valence-corrected chi connectivity index (χ4v) is 6.98. The molecule has 0 saturated carbocycles. The van der Waals surface area contributed by atoms with Gasteiger partial charge in [0.2, 0.25) is 5.91 Å². The second-order valence-corrected chi connectivity index (χ2v) is 16.1. The van der Waals surface area contributed by atoms with E-state index in [-0.39, 0.29) is 18.5 Å². The molecule has 6 nitrogen and oxygen atoms in total. The lowest BCUT2D eigenvalue weighted by Gasteiger charge is -2.22. The van der Waals surface area contributed by atoms with Gasteiger partial charge in [-0.1, -0.05) is 192 Å². The molecule has 0 aromatic rings. The highest BCUT2D eigenvalue weighted by Crippen LogP contribution is 2.15. The lowest BCUT2D eigenvalue weighted by molar-refractivity contribution is -0.143. The average molecular weight is 774 g/mol. The molecule has 3 N–H and O–H groups in total. The molecule has 0 aliphatic heterocycles. The molecule has 0 bridgehead atoms. The number of allylic oxidation sites excluding steroid dienone is 6. The number of nitrogens with one attached hydrogen (secondary N) is 1. The van der Waals surface area contributed by atoms with Gasteiger partial charge in [0, 0.05) is 12.8 Å². The van der Waals surface area contributed by atoms with Gasteiger partial charge in [-0.15, -0.1) is 0 Å². The van der Waals surface area contributed by atoms with Gasteiger partial charge in [0.15, 0.2) is 0 Å². The summed E-state index contributed by atoms with van der Waals surface area (Å²) in [6.07, 6.45) is 52.6. The molecule has 2 atom stereocenters. The Kier molecular flexibility index (Phi) is 43.2. The van der Waals surface area contributed by atoms with Crippen molar-refractivity contribution in [3.63, 3.8) is 0 Å². The maximum atomic E-state index is 12.3. The summed E-state index contributed by atoms with van der Waals surface area (Å²) >= 11 is 0. The van der Waals surface area contributed by atoms with Gasteiger partial charge in [0.05, 0.1) is 25.4 Å². The van der Waals surface area contributed by atoms with E-state index in [1.807, 2.05) is 6.08 Å². The van der Waals surface area contributed by atoms with Crippen LogP contribution in [-0.2, 0) is 14.3 Å². The average Bonchev–Trinajstić information content (AvgIpc) is 3.18. The van der Waals surface area contributed by atoms with E-state index < -0.39 is 12.1 Å². The summed E-state index contributed by atoms with van der Waals surface area (Å²) in [7, 11) is 0. The molecule has 2 unspecified atom stereocenters. The highest BCUT2D eigenvalue weighted by atomic mass is 16.5. The van der Waals surface area contributed by atoms with E-state index in [0.29, 0.717) is 32.3 Å². The maximum absolute atomic E-state index is 12.3. The molecule has 0 fully saturated rings. The molecule has 6 heteroatoms. The van der Waals surface area contributed by atoms with Crippen molar-refractivity contribution in [2.75, 3.05) is 13.2 Å². The third-order valence-corrected chi connectivity index (χ3v) is 10.7. The number of carbonyl (C=O) groups excluding carboxylic acids is 2. The van der Waals surface area contributed by atoms with Crippen molar-refractivity contribution in [1.82, 2.24) is 5.32 Å². The van der Waals surface area contributed by atoms with Crippen LogP contribution in [0, 0.1) is 0 Å². The summed E-state index contributed by atoms with van der Waals surface area (Å²) < 4.78 is 5.44. The van der Waals surface area contributed by atoms with Crippen molar-refractivity contribution < 1.29 is 24.5 Å². The molecule has 0 heterocycles. The maximum Gasteiger partial charge on any atom is 0.305 e. The minimum Gasteiger partial charge on any atom is -0.466 e. The van der Waals surface area contributed by atoms with E-state index in [1.54, 1.807) is 0 Å². The predicted molar refractivity (Wildman–Crippen MR) is 236 cm³/mol. The molecule has 0 radical (unpaired) electrons. The zero-order valence-corrected chi connectivity index (χ0v) is 36.4. The first-order valence-corrected chi connectivity index (χ1v) is 23.7. The van der Waals surface area contributed by atoms with Crippen molar-refractivity contribution in [3.05, 3.63) is 36.5 Å².